The first-order valence-corrected chi connectivity index (χ1v) is 6.37. The summed E-state index contributed by atoms with van der Waals surface area (Å²) in [4.78, 5) is 0.983. The number of halogens is 2. The van der Waals surface area contributed by atoms with Crippen LogP contribution in [0.3, 0.4) is 0 Å². The summed E-state index contributed by atoms with van der Waals surface area (Å²) >= 11 is 7.18. The predicted octanol–water partition coefficient (Wildman–Crippen LogP) is 4.48. The minimum Gasteiger partial charge on any atom is -0.508 e. The van der Waals surface area contributed by atoms with Gasteiger partial charge in [-0.1, -0.05) is 17.7 Å². The van der Waals surface area contributed by atoms with Crippen LogP contribution in [0.1, 0.15) is 5.56 Å². The van der Waals surface area contributed by atoms with Gasteiger partial charge in [-0.15, -0.1) is 11.8 Å². The summed E-state index contributed by atoms with van der Waals surface area (Å²) in [5, 5.41) is 9.54. The monoisotopic (exact) mass is 268 g/mol. The molecular weight excluding hydrogens is 259 g/mol. The highest BCUT2D eigenvalue weighted by Crippen LogP contribution is 2.26. The van der Waals surface area contributed by atoms with Crippen molar-refractivity contribution in [1.29, 1.82) is 0 Å². The number of phenolic OH excluding ortho intramolecular Hbond substituents is 1. The standard InChI is InChI=1S/C13H10ClFOS/c14-10-2-1-9(13(15)7-10)8-17-12-5-3-11(16)4-6-12/h1-7,16H,8H2. The summed E-state index contributed by atoms with van der Waals surface area (Å²) in [7, 11) is 0. The van der Waals surface area contributed by atoms with E-state index in [2.05, 4.69) is 0 Å². The fraction of sp³-hybridized carbons (Fsp3) is 0.0769. The van der Waals surface area contributed by atoms with Crippen LogP contribution in [0, 0.1) is 5.82 Å². The molecule has 2 aromatic carbocycles. The second-order valence-electron chi connectivity index (χ2n) is 3.52. The van der Waals surface area contributed by atoms with E-state index in [9.17, 15) is 4.39 Å². The molecule has 2 aromatic rings. The van der Waals surface area contributed by atoms with Crippen LogP contribution in [0.15, 0.2) is 47.4 Å². The smallest absolute Gasteiger partial charge is 0.128 e. The van der Waals surface area contributed by atoms with Gasteiger partial charge in [0, 0.05) is 15.7 Å². The number of phenols is 1. The number of rotatable bonds is 3. The minimum absolute atomic E-state index is 0.229. The Morgan fingerprint density at radius 1 is 1.12 bits per heavy atom. The van der Waals surface area contributed by atoms with E-state index >= 15 is 0 Å². The zero-order chi connectivity index (χ0) is 12.3. The van der Waals surface area contributed by atoms with Gasteiger partial charge in [0.2, 0.25) is 0 Å². The molecule has 1 N–H and O–H groups in total. The molecule has 0 aliphatic rings. The summed E-state index contributed by atoms with van der Waals surface area (Å²) < 4.78 is 13.5. The molecule has 0 saturated heterocycles. The first-order valence-electron chi connectivity index (χ1n) is 5.01. The molecule has 17 heavy (non-hydrogen) atoms. The molecule has 1 nitrogen and oxygen atoms in total. The first-order chi connectivity index (χ1) is 8.15. The van der Waals surface area contributed by atoms with Gasteiger partial charge in [-0.2, -0.15) is 0 Å². The molecule has 0 amide bonds. The molecule has 0 bridgehead atoms. The molecule has 0 fully saturated rings. The fourth-order valence-electron chi connectivity index (χ4n) is 1.34. The molecule has 0 saturated carbocycles. The second kappa shape index (κ2) is 5.43. The maximum Gasteiger partial charge on any atom is 0.128 e. The topological polar surface area (TPSA) is 20.2 Å². The van der Waals surface area contributed by atoms with Gasteiger partial charge < -0.3 is 5.11 Å². The van der Waals surface area contributed by atoms with E-state index in [0.29, 0.717) is 16.3 Å². The lowest BCUT2D eigenvalue weighted by Crippen LogP contribution is -1.87. The van der Waals surface area contributed by atoms with E-state index in [4.69, 9.17) is 16.7 Å². The van der Waals surface area contributed by atoms with Gasteiger partial charge in [0.15, 0.2) is 0 Å². The molecule has 0 spiro atoms. The summed E-state index contributed by atoms with van der Waals surface area (Å²) in [6.45, 7) is 0. The Labute approximate surface area is 108 Å². The zero-order valence-corrected chi connectivity index (χ0v) is 10.4. The molecule has 0 aliphatic heterocycles. The Balaban J connectivity index is 2.04. The van der Waals surface area contributed by atoms with Crippen LogP contribution in [0.4, 0.5) is 4.39 Å². The quantitative estimate of drug-likeness (QED) is 0.829. The Bertz CT molecular complexity index is 513. The van der Waals surface area contributed by atoms with E-state index in [1.54, 1.807) is 36.4 Å². The Morgan fingerprint density at radius 3 is 2.47 bits per heavy atom. The van der Waals surface area contributed by atoms with Crippen molar-refractivity contribution in [2.75, 3.05) is 0 Å². The summed E-state index contributed by atoms with van der Waals surface area (Å²) in [6, 6.07) is 11.5. The maximum atomic E-state index is 13.5. The van der Waals surface area contributed by atoms with Crippen molar-refractivity contribution >= 4 is 23.4 Å². The van der Waals surface area contributed by atoms with Crippen molar-refractivity contribution in [3.05, 3.63) is 58.9 Å². The third-order valence-corrected chi connectivity index (χ3v) is 3.54. The molecule has 2 rings (SSSR count). The lowest BCUT2D eigenvalue weighted by atomic mass is 10.2. The van der Waals surface area contributed by atoms with Crippen LogP contribution in [0.5, 0.6) is 5.75 Å². The molecule has 0 aromatic heterocycles. The van der Waals surface area contributed by atoms with Gasteiger partial charge in [0.1, 0.15) is 11.6 Å². The highest BCUT2D eigenvalue weighted by Gasteiger charge is 2.03. The summed E-state index contributed by atoms with van der Waals surface area (Å²) in [6.07, 6.45) is 0. The molecule has 4 heteroatoms. The molecule has 0 unspecified atom stereocenters. The van der Waals surface area contributed by atoms with Gasteiger partial charge in [0.05, 0.1) is 0 Å². The molecule has 88 valence electrons. The first kappa shape index (κ1) is 12.3. The van der Waals surface area contributed by atoms with Gasteiger partial charge in [0.25, 0.3) is 0 Å². The lowest BCUT2D eigenvalue weighted by molar-refractivity contribution is 0.475. The van der Waals surface area contributed by atoms with Crippen LogP contribution in [0.25, 0.3) is 0 Å². The average Bonchev–Trinajstić information content (AvgIpc) is 2.30. The minimum atomic E-state index is -0.288. The van der Waals surface area contributed by atoms with Crippen LogP contribution in [-0.4, -0.2) is 5.11 Å². The van der Waals surface area contributed by atoms with Gasteiger partial charge in [-0.25, -0.2) is 4.39 Å². The van der Waals surface area contributed by atoms with Crippen molar-refractivity contribution in [3.8, 4) is 5.75 Å². The molecular formula is C13H10ClFOS. The normalized spacial score (nSPS) is 10.5. The fourth-order valence-corrected chi connectivity index (χ4v) is 2.39. The number of hydrogen-bond donors (Lipinski definition) is 1. The Hall–Kier alpha value is -1.19. The van der Waals surface area contributed by atoms with Crippen LogP contribution in [0.2, 0.25) is 5.02 Å². The van der Waals surface area contributed by atoms with Crippen LogP contribution >= 0.6 is 23.4 Å². The Morgan fingerprint density at radius 2 is 1.82 bits per heavy atom. The third-order valence-electron chi connectivity index (χ3n) is 2.25. The van der Waals surface area contributed by atoms with E-state index in [-0.39, 0.29) is 11.6 Å². The maximum absolute atomic E-state index is 13.5. The summed E-state index contributed by atoms with van der Waals surface area (Å²) in [5.41, 5.74) is 0.618. The molecule has 0 aliphatic carbocycles. The SMILES string of the molecule is Oc1ccc(SCc2ccc(Cl)cc2F)cc1. The number of benzene rings is 2. The third kappa shape index (κ3) is 3.38. The number of hydrogen-bond acceptors (Lipinski definition) is 2. The van der Waals surface area contributed by atoms with E-state index < -0.39 is 0 Å². The Kier molecular flexibility index (Phi) is 3.92. The van der Waals surface area contributed by atoms with Crippen LogP contribution in [-0.2, 0) is 5.75 Å². The molecule has 0 atom stereocenters. The highest BCUT2D eigenvalue weighted by molar-refractivity contribution is 7.98. The number of thioether (sulfide) groups is 1. The van der Waals surface area contributed by atoms with Crippen molar-refractivity contribution < 1.29 is 9.50 Å². The van der Waals surface area contributed by atoms with Crippen molar-refractivity contribution in [2.45, 2.75) is 10.6 Å². The average molecular weight is 269 g/mol. The molecule has 0 radical (unpaired) electrons. The number of aromatic hydroxyl groups is 1. The van der Waals surface area contributed by atoms with E-state index in [1.165, 1.54) is 17.8 Å². The second-order valence-corrected chi connectivity index (χ2v) is 5.00. The van der Waals surface area contributed by atoms with Gasteiger partial charge in [-0.3, -0.25) is 0 Å². The van der Waals surface area contributed by atoms with Crippen molar-refractivity contribution in [3.63, 3.8) is 0 Å². The largest absolute Gasteiger partial charge is 0.508 e. The lowest BCUT2D eigenvalue weighted by Gasteiger charge is -2.04. The zero-order valence-electron chi connectivity index (χ0n) is 8.86. The van der Waals surface area contributed by atoms with Crippen molar-refractivity contribution in [1.82, 2.24) is 0 Å². The van der Waals surface area contributed by atoms with Gasteiger partial charge in [-0.05, 0) is 42.0 Å². The summed E-state index contributed by atoms with van der Waals surface area (Å²) in [5.74, 6) is 0.476. The molecule has 0 heterocycles. The van der Waals surface area contributed by atoms with Crippen LogP contribution < -0.4 is 0 Å². The predicted molar refractivity (Wildman–Crippen MR) is 69.1 cm³/mol. The highest BCUT2D eigenvalue weighted by atomic mass is 35.5. The van der Waals surface area contributed by atoms with Crippen molar-refractivity contribution in [2.24, 2.45) is 0 Å². The van der Waals surface area contributed by atoms with E-state index in [0.717, 1.165) is 4.90 Å². The van der Waals surface area contributed by atoms with Gasteiger partial charge >= 0.3 is 0 Å². The van der Waals surface area contributed by atoms with E-state index in [1.807, 2.05) is 0 Å².